The van der Waals surface area contributed by atoms with Crippen molar-refractivity contribution in [1.29, 1.82) is 0 Å². The third kappa shape index (κ3) is 3.10. The molecule has 0 spiro atoms. The second-order valence-electron chi connectivity index (χ2n) is 5.40. The highest BCUT2D eigenvalue weighted by molar-refractivity contribution is 5.96. The lowest BCUT2D eigenvalue weighted by molar-refractivity contribution is 0.0845. The van der Waals surface area contributed by atoms with Crippen LogP contribution in [-0.4, -0.2) is 54.0 Å². The van der Waals surface area contributed by atoms with Crippen molar-refractivity contribution in [2.45, 2.75) is 18.9 Å². The third-order valence-corrected chi connectivity index (χ3v) is 3.96. The number of piperidine rings is 1. The fraction of sp³-hybridized carbons (Fsp3) is 0.500. The molecule has 0 unspecified atom stereocenters. The van der Waals surface area contributed by atoms with Crippen LogP contribution in [0.1, 0.15) is 12.8 Å². The summed E-state index contributed by atoms with van der Waals surface area (Å²) in [6, 6.07) is 10.7. The number of hydrogen-bond acceptors (Lipinski definition) is 7. The van der Waals surface area contributed by atoms with E-state index in [0.717, 1.165) is 37.6 Å². The zero-order valence-corrected chi connectivity index (χ0v) is 12.2. The molecule has 2 aliphatic heterocycles. The number of hydrogen-bond donors (Lipinski definition) is 3. The average Bonchev–Trinajstić information content (AvgIpc) is 2.95. The van der Waals surface area contributed by atoms with Crippen molar-refractivity contribution in [3.63, 3.8) is 0 Å². The summed E-state index contributed by atoms with van der Waals surface area (Å²) >= 11 is 0. The summed E-state index contributed by atoms with van der Waals surface area (Å²) in [5.74, 6) is 0.811. The molecule has 2 heterocycles. The first-order chi connectivity index (χ1) is 10.3. The van der Waals surface area contributed by atoms with E-state index in [1.807, 2.05) is 25.2 Å². The summed E-state index contributed by atoms with van der Waals surface area (Å²) in [5.41, 5.74) is 7.24. The van der Waals surface area contributed by atoms with Crippen molar-refractivity contribution in [3.8, 4) is 0 Å². The maximum atomic E-state index is 9.24. The van der Waals surface area contributed by atoms with Gasteiger partial charge in [0.05, 0.1) is 6.73 Å². The Morgan fingerprint density at radius 1 is 1.29 bits per heavy atom. The highest BCUT2D eigenvalue weighted by Gasteiger charge is 2.30. The second kappa shape index (κ2) is 6.30. The summed E-state index contributed by atoms with van der Waals surface area (Å²) in [6.07, 6.45) is 2.00. The molecular formula is C14H22N6O. The van der Waals surface area contributed by atoms with Crippen LogP contribution in [0.3, 0.4) is 0 Å². The molecule has 1 aromatic carbocycles. The van der Waals surface area contributed by atoms with Crippen LogP contribution in [0.25, 0.3) is 0 Å². The van der Waals surface area contributed by atoms with E-state index in [1.165, 1.54) is 0 Å². The van der Waals surface area contributed by atoms with Gasteiger partial charge in [0, 0.05) is 31.9 Å². The van der Waals surface area contributed by atoms with E-state index in [4.69, 9.17) is 0 Å². The van der Waals surface area contributed by atoms with E-state index < -0.39 is 0 Å². The lowest BCUT2D eigenvalue weighted by atomic mass is 10.0. The largest absolute Gasteiger partial charge is 0.381 e. The molecule has 114 valence electrons. The molecule has 0 saturated carbocycles. The van der Waals surface area contributed by atoms with Gasteiger partial charge in [0.25, 0.3) is 0 Å². The molecule has 0 aliphatic carbocycles. The van der Waals surface area contributed by atoms with Crippen molar-refractivity contribution < 1.29 is 5.11 Å². The number of aliphatic hydroxyl groups is 1. The van der Waals surface area contributed by atoms with Crippen molar-refractivity contribution >= 4 is 11.6 Å². The number of hydrazine groups is 2. The molecule has 0 radical (unpaired) electrons. The smallest absolute Gasteiger partial charge is 0.238 e. The fourth-order valence-electron chi connectivity index (χ4n) is 2.84. The van der Waals surface area contributed by atoms with Gasteiger partial charge in [0.15, 0.2) is 0 Å². The van der Waals surface area contributed by atoms with Crippen LogP contribution in [0.4, 0.5) is 5.69 Å². The number of rotatable bonds is 3. The van der Waals surface area contributed by atoms with Gasteiger partial charge in [-0.3, -0.25) is 10.3 Å². The first-order valence-electron chi connectivity index (χ1n) is 7.29. The van der Waals surface area contributed by atoms with E-state index in [9.17, 15) is 5.11 Å². The summed E-state index contributed by atoms with van der Waals surface area (Å²) in [6.45, 7) is 1.95. The first kappa shape index (κ1) is 14.1. The topological polar surface area (TPSA) is 66.4 Å². The van der Waals surface area contributed by atoms with Crippen molar-refractivity contribution in [2.24, 2.45) is 5.10 Å². The van der Waals surface area contributed by atoms with E-state index in [2.05, 4.69) is 38.0 Å². The minimum absolute atomic E-state index is 0.140. The Bertz CT molecular complexity index is 485. The molecule has 0 aromatic heterocycles. The average molecular weight is 290 g/mol. The Hall–Kier alpha value is -1.83. The Labute approximate surface area is 124 Å². The molecule has 1 saturated heterocycles. The summed E-state index contributed by atoms with van der Waals surface area (Å²) in [5, 5.41) is 15.3. The molecule has 2 aliphatic rings. The predicted octanol–water partition coefficient (Wildman–Crippen LogP) is 0.133. The molecule has 1 fully saturated rings. The lowest BCUT2D eigenvalue weighted by Crippen LogP contribution is -2.52. The Morgan fingerprint density at radius 3 is 2.57 bits per heavy atom. The minimum atomic E-state index is 0.140. The van der Waals surface area contributed by atoms with Crippen LogP contribution in [0.5, 0.6) is 0 Å². The normalized spacial score (nSPS) is 20.8. The zero-order valence-electron chi connectivity index (χ0n) is 12.2. The van der Waals surface area contributed by atoms with Gasteiger partial charge in [-0.05, 0) is 25.0 Å². The molecule has 3 N–H and O–H groups in total. The number of hydrazone groups is 1. The van der Waals surface area contributed by atoms with E-state index in [0.29, 0.717) is 6.04 Å². The third-order valence-electron chi connectivity index (χ3n) is 3.96. The number of anilines is 1. The Morgan fingerprint density at radius 2 is 2.00 bits per heavy atom. The van der Waals surface area contributed by atoms with Gasteiger partial charge < -0.3 is 10.0 Å². The SMILES string of the molecule is CN1NN=C(N(c2ccccc2)C2CCN(CO)CC2)N1. The van der Waals surface area contributed by atoms with Crippen molar-refractivity contribution in [2.75, 3.05) is 31.8 Å². The molecule has 0 bridgehead atoms. The van der Waals surface area contributed by atoms with Crippen LogP contribution in [0.2, 0.25) is 0 Å². The molecule has 0 amide bonds. The van der Waals surface area contributed by atoms with E-state index >= 15 is 0 Å². The number of nitrogens with zero attached hydrogens (tertiary/aromatic N) is 4. The number of guanidine groups is 1. The molecule has 7 heteroatoms. The molecule has 0 atom stereocenters. The van der Waals surface area contributed by atoms with Gasteiger partial charge in [0.2, 0.25) is 5.96 Å². The van der Waals surface area contributed by atoms with Gasteiger partial charge in [-0.2, -0.15) is 0 Å². The maximum absolute atomic E-state index is 9.24. The van der Waals surface area contributed by atoms with Crippen LogP contribution in [0.15, 0.2) is 35.4 Å². The monoisotopic (exact) mass is 290 g/mol. The van der Waals surface area contributed by atoms with E-state index in [-0.39, 0.29) is 6.73 Å². The van der Waals surface area contributed by atoms with Crippen molar-refractivity contribution in [1.82, 2.24) is 21.0 Å². The zero-order chi connectivity index (χ0) is 14.7. The Kier molecular flexibility index (Phi) is 4.23. The van der Waals surface area contributed by atoms with Gasteiger partial charge in [-0.1, -0.05) is 18.2 Å². The molecular weight excluding hydrogens is 268 g/mol. The van der Waals surface area contributed by atoms with Crippen LogP contribution >= 0.6 is 0 Å². The quantitative estimate of drug-likeness (QED) is 0.735. The first-order valence-corrected chi connectivity index (χ1v) is 7.29. The van der Waals surface area contributed by atoms with Crippen molar-refractivity contribution in [3.05, 3.63) is 30.3 Å². The molecule has 3 rings (SSSR count). The number of likely N-dealkylation sites (tertiary alicyclic amines) is 1. The number of aliphatic hydroxyl groups excluding tert-OH is 1. The number of para-hydroxylation sites is 1. The standard InChI is InChI=1S/C14H22N6O/c1-18-16-14(15-17-18)20(12-5-3-2-4-6-12)13-7-9-19(11-21)10-8-13/h2-6,13,17,21H,7-11H2,1H3,(H,15,16). The maximum Gasteiger partial charge on any atom is 0.238 e. The van der Waals surface area contributed by atoms with Gasteiger partial charge >= 0.3 is 0 Å². The van der Waals surface area contributed by atoms with Crippen LogP contribution < -0.4 is 15.9 Å². The van der Waals surface area contributed by atoms with Gasteiger partial charge in [0.1, 0.15) is 0 Å². The van der Waals surface area contributed by atoms with Gasteiger partial charge in [-0.25, -0.2) is 5.53 Å². The summed E-state index contributed by atoms with van der Waals surface area (Å²) < 4.78 is 0. The molecule has 21 heavy (non-hydrogen) atoms. The van der Waals surface area contributed by atoms with E-state index in [1.54, 1.807) is 5.12 Å². The van der Waals surface area contributed by atoms with Crippen LogP contribution in [-0.2, 0) is 0 Å². The summed E-state index contributed by atoms with van der Waals surface area (Å²) in [4.78, 5) is 4.30. The Balaban J connectivity index is 1.80. The molecule has 7 nitrogen and oxygen atoms in total. The number of nitrogens with one attached hydrogen (secondary N) is 2. The highest BCUT2D eigenvalue weighted by Crippen LogP contribution is 2.24. The second-order valence-corrected chi connectivity index (χ2v) is 5.40. The van der Waals surface area contributed by atoms with Gasteiger partial charge in [-0.15, -0.1) is 10.2 Å². The van der Waals surface area contributed by atoms with Crippen LogP contribution in [0, 0.1) is 0 Å². The fourth-order valence-corrected chi connectivity index (χ4v) is 2.84. The predicted molar refractivity (Wildman–Crippen MR) is 82.1 cm³/mol. The number of benzene rings is 1. The lowest BCUT2D eigenvalue weighted by Gasteiger charge is -2.38. The minimum Gasteiger partial charge on any atom is -0.381 e. The molecule has 1 aromatic rings. The highest BCUT2D eigenvalue weighted by atomic mass is 16.3. The summed E-state index contributed by atoms with van der Waals surface area (Å²) in [7, 11) is 1.88.